The van der Waals surface area contributed by atoms with Crippen molar-refractivity contribution < 1.29 is 8.42 Å². The number of aromatic nitrogens is 5. The van der Waals surface area contributed by atoms with Crippen LogP contribution in [0.4, 0.5) is 17.6 Å². The fourth-order valence-electron chi connectivity index (χ4n) is 5.99. The van der Waals surface area contributed by atoms with E-state index in [9.17, 15) is 8.42 Å². The summed E-state index contributed by atoms with van der Waals surface area (Å²) in [6.45, 7) is 0.924. The SMILES string of the molecule is O=S(=O)(c1cccc2cccnc12)N1CC2CC1CN2c1nc(Nc2cc(C3CC3)[nH]n2)c2ccccc2n1. The highest BCUT2D eigenvalue weighted by molar-refractivity contribution is 7.89. The minimum absolute atomic E-state index is 0.00595. The van der Waals surface area contributed by atoms with Crippen molar-refractivity contribution in [2.45, 2.75) is 42.2 Å². The number of H-pyrrole nitrogens is 1. The van der Waals surface area contributed by atoms with Crippen LogP contribution in [-0.2, 0) is 10.0 Å². The average molecular weight is 539 g/mol. The van der Waals surface area contributed by atoms with Gasteiger partial charge in [-0.15, -0.1) is 0 Å². The van der Waals surface area contributed by atoms with Gasteiger partial charge in [0, 0.05) is 59.8 Å². The molecule has 10 nitrogen and oxygen atoms in total. The zero-order valence-electron chi connectivity index (χ0n) is 21.0. The lowest BCUT2D eigenvalue weighted by molar-refractivity contribution is 0.367. The van der Waals surface area contributed by atoms with E-state index in [4.69, 9.17) is 9.97 Å². The van der Waals surface area contributed by atoms with E-state index in [0.717, 1.165) is 34.2 Å². The molecule has 3 aromatic heterocycles. The van der Waals surface area contributed by atoms with Crippen LogP contribution < -0.4 is 10.2 Å². The fourth-order valence-corrected chi connectivity index (χ4v) is 7.83. The summed E-state index contributed by atoms with van der Waals surface area (Å²) in [6, 6.07) is 18.8. The molecule has 5 heterocycles. The number of hydrogen-bond donors (Lipinski definition) is 2. The van der Waals surface area contributed by atoms with Gasteiger partial charge in [0.15, 0.2) is 5.82 Å². The molecule has 0 amide bonds. The first-order chi connectivity index (χ1) is 19.0. The van der Waals surface area contributed by atoms with Gasteiger partial charge < -0.3 is 10.2 Å². The van der Waals surface area contributed by atoms with Crippen molar-refractivity contribution >= 4 is 49.4 Å². The van der Waals surface area contributed by atoms with Crippen LogP contribution in [0.2, 0.25) is 0 Å². The van der Waals surface area contributed by atoms with Crippen LogP contribution in [0.1, 0.15) is 30.9 Å². The predicted octanol–water partition coefficient (Wildman–Crippen LogP) is 4.17. The molecule has 196 valence electrons. The van der Waals surface area contributed by atoms with Crippen LogP contribution in [0.15, 0.2) is 71.8 Å². The van der Waals surface area contributed by atoms with E-state index < -0.39 is 10.0 Å². The molecule has 8 rings (SSSR count). The number of rotatable bonds is 6. The Balaban J connectivity index is 1.10. The Hall–Kier alpha value is -4.09. The van der Waals surface area contributed by atoms with Crippen LogP contribution in [0, 0.1) is 0 Å². The highest BCUT2D eigenvalue weighted by atomic mass is 32.2. The summed E-state index contributed by atoms with van der Waals surface area (Å²) >= 11 is 0. The minimum Gasteiger partial charge on any atom is -0.335 e. The third-order valence-corrected chi connectivity index (χ3v) is 10.0. The van der Waals surface area contributed by atoms with Gasteiger partial charge in [-0.05, 0) is 43.5 Å². The van der Waals surface area contributed by atoms with Gasteiger partial charge in [-0.1, -0.05) is 30.3 Å². The number of nitrogens with one attached hydrogen (secondary N) is 2. The van der Waals surface area contributed by atoms with E-state index in [-0.39, 0.29) is 17.0 Å². The molecule has 0 spiro atoms. The second-order valence-corrected chi connectivity index (χ2v) is 12.5. The number of para-hydroxylation sites is 2. The molecule has 2 saturated heterocycles. The first-order valence-corrected chi connectivity index (χ1v) is 14.7. The molecular formula is C28H26N8O2S. The van der Waals surface area contributed by atoms with Crippen molar-refractivity contribution in [3.63, 3.8) is 0 Å². The maximum Gasteiger partial charge on any atom is 0.245 e. The molecule has 5 aromatic rings. The van der Waals surface area contributed by atoms with Crippen molar-refractivity contribution in [3.05, 3.63) is 72.6 Å². The second kappa shape index (κ2) is 8.45. The molecule has 3 fully saturated rings. The molecule has 0 radical (unpaired) electrons. The first kappa shape index (κ1) is 22.9. The Bertz CT molecular complexity index is 1850. The monoisotopic (exact) mass is 538 g/mol. The Morgan fingerprint density at radius 3 is 2.67 bits per heavy atom. The zero-order valence-corrected chi connectivity index (χ0v) is 21.8. The maximum absolute atomic E-state index is 13.8. The van der Waals surface area contributed by atoms with Crippen LogP contribution in [-0.4, -0.2) is 63.0 Å². The van der Waals surface area contributed by atoms with Gasteiger partial charge in [-0.2, -0.15) is 14.4 Å². The molecule has 3 aliphatic rings. The number of piperazine rings is 1. The summed E-state index contributed by atoms with van der Waals surface area (Å²) in [5.74, 6) is 2.61. The summed E-state index contributed by atoms with van der Waals surface area (Å²) in [6.07, 6.45) is 4.77. The molecule has 39 heavy (non-hydrogen) atoms. The average Bonchev–Trinajstić information content (AvgIpc) is 3.36. The number of benzene rings is 2. The topological polar surface area (TPSA) is 120 Å². The van der Waals surface area contributed by atoms with Gasteiger partial charge in [0.1, 0.15) is 10.7 Å². The van der Waals surface area contributed by atoms with Crippen molar-refractivity contribution in [3.8, 4) is 0 Å². The van der Waals surface area contributed by atoms with Gasteiger partial charge >= 0.3 is 0 Å². The number of sulfonamides is 1. The molecule has 2 aliphatic heterocycles. The summed E-state index contributed by atoms with van der Waals surface area (Å²) < 4.78 is 29.2. The zero-order chi connectivity index (χ0) is 26.1. The van der Waals surface area contributed by atoms with Gasteiger partial charge in [-0.3, -0.25) is 10.1 Å². The van der Waals surface area contributed by atoms with Gasteiger partial charge in [0.05, 0.1) is 11.0 Å². The Morgan fingerprint density at radius 1 is 0.949 bits per heavy atom. The molecule has 1 saturated carbocycles. The molecule has 2 aromatic carbocycles. The smallest absolute Gasteiger partial charge is 0.245 e. The van der Waals surface area contributed by atoms with Gasteiger partial charge in [-0.25, -0.2) is 13.4 Å². The number of aromatic amines is 1. The first-order valence-electron chi connectivity index (χ1n) is 13.3. The minimum atomic E-state index is -3.71. The Kier molecular flexibility index (Phi) is 4.95. The van der Waals surface area contributed by atoms with Crippen molar-refractivity contribution in [2.24, 2.45) is 0 Å². The summed E-state index contributed by atoms with van der Waals surface area (Å²) in [4.78, 5) is 16.6. The molecule has 2 N–H and O–H groups in total. The molecule has 2 unspecified atom stereocenters. The summed E-state index contributed by atoms with van der Waals surface area (Å²) in [7, 11) is -3.71. The molecule has 11 heteroatoms. The lowest BCUT2D eigenvalue weighted by atomic mass is 10.2. The number of hydrogen-bond acceptors (Lipinski definition) is 8. The molecule has 2 atom stereocenters. The number of pyridine rings is 1. The van der Waals surface area contributed by atoms with Crippen LogP contribution in [0.25, 0.3) is 21.8 Å². The Labute approximate surface area is 225 Å². The van der Waals surface area contributed by atoms with E-state index in [1.165, 1.54) is 12.8 Å². The third kappa shape index (κ3) is 3.75. The van der Waals surface area contributed by atoms with E-state index in [1.54, 1.807) is 22.6 Å². The highest BCUT2D eigenvalue weighted by Gasteiger charge is 2.49. The number of anilines is 3. The number of fused-ring (bicyclic) bond motifs is 4. The molecular weight excluding hydrogens is 512 g/mol. The fraction of sp³-hybridized carbons (Fsp3) is 0.286. The van der Waals surface area contributed by atoms with Crippen molar-refractivity contribution in [2.75, 3.05) is 23.3 Å². The Morgan fingerprint density at radius 2 is 1.82 bits per heavy atom. The van der Waals surface area contributed by atoms with Gasteiger partial charge in [0.2, 0.25) is 16.0 Å². The third-order valence-electron chi connectivity index (χ3n) is 8.08. The summed E-state index contributed by atoms with van der Waals surface area (Å²) in [5.41, 5.74) is 2.49. The molecule has 1 aliphatic carbocycles. The second-order valence-electron chi connectivity index (χ2n) is 10.6. The quantitative estimate of drug-likeness (QED) is 0.331. The van der Waals surface area contributed by atoms with E-state index in [1.807, 2.05) is 42.5 Å². The number of nitrogens with zero attached hydrogens (tertiary/aromatic N) is 6. The van der Waals surface area contributed by atoms with Crippen molar-refractivity contribution in [1.82, 2.24) is 29.5 Å². The van der Waals surface area contributed by atoms with E-state index >= 15 is 0 Å². The van der Waals surface area contributed by atoms with E-state index in [2.05, 4.69) is 31.5 Å². The van der Waals surface area contributed by atoms with Crippen molar-refractivity contribution in [1.29, 1.82) is 0 Å². The largest absolute Gasteiger partial charge is 0.335 e. The lowest BCUT2D eigenvalue weighted by Crippen LogP contribution is -2.49. The predicted molar refractivity (Wildman–Crippen MR) is 149 cm³/mol. The van der Waals surface area contributed by atoms with Crippen LogP contribution in [0.5, 0.6) is 0 Å². The normalized spacial score (nSPS) is 21.3. The van der Waals surface area contributed by atoms with E-state index in [0.29, 0.717) is 36.3 Å². The van der Waals surface area contributed by atoms with Gasteiger partial charge in [0.25, 0.3) is 0 Å². The maximum atomic E-state index is 13.8. The van der Waals surface area contributed by atoms with Crippen LogP contribution in [0.3, 0.4) is 0 Å². The highest BCUT2D eigenvalue weighted by Crippen LogP contribution is 2.41. The molecule has 2 bridgehead atoms. The van der Waals surface area contributed by atoms with Crippen LogP contribution >= 0.6 is 0 Å². The summed E-state index contributed by atoms with van der Waals surface area (Å²) in [5, 5.41) is 12.7. The lowest BCUT2D eigenvalue weighted by Gasteiger charge is -2.33. The standard InChI is InChI=1S/C28H26N8O2S/c37-39(38,24-9-3-5-18-6-4-12-29-26(18)24)36-16-19-13-20(36)15-35(19)28-30-22-8-2-1-7-21(22)27(32-28)31-25-14-23(33-34-25)17-10-11-17/h1-9,12,14,17,19-20H,10-11,13,15-16H2,(H2,30,31,32,33,34).